The highest BCUT2D eigenvalue weighted by atomic mass is 16.2. The van der Waals surface area contributed by atoms with Crippen LogP contribution in [-0.2, 0) is 15.1 Å². The van der Waals surface area contributed by atoms with E-state index in [-0.39, 0.29) is 17.9 Å². The van der Waals surface area contributed by atoms with E-state index in [1.165, 1.54) is 0 Å². The Hall–Kier alpha value is -3.51. The molecule has 1 heterocycles. The van der Waals surface area contributed by atoms with Crippen molar-refractivity contribution in [2.75, 3.05) is 12.4 Å². The molecule has 6 heteroatoms. The summed E-state index contributed by atoms with van der Waals surface area (Å²) >= 11 is 0. The van der Waals surface area contributed by atoms with Gasteiger partial charge >= 0.3 is 0 Å². The summed E-state index contributed by atoms with van der Waals surface area (Å²) in [5.41, 5.74) is 11.0. The first-order valence-electron chi connectivity index (χ1n) is 13.1. The van der Waals surface area contributed by atoms with Crippen LogP contribution in [0.25, 0.3) is 22.3 Å². The molecule has 194 valence electrons. The number of nitrogens with zero attached hydrogens (tertiary/aromatic N) is 2. The molecule has 4 rings (SSSR count). The van der Waals surface area contributed by atoms with Crippen LogP contribution in [0.5, 0.6) is 0 Å². The molecule has 0 spiro atoms. The number of benzene rings is 2. The van der Waals surface area contributed by atoms with Gasteiger partial charge in [-0.25, -0.2) is 4.98 Å². The predicted molar refractivity (Wildman–Crippen MR) is 150 cm³/mol. The second-order valence-corrected chi connectivity index (χ2v) is 10.8. The maximum absolute atomic E-state index is 12.9. The Morgan fingerprint density at radius 3 is 2.19 bits per heavy atom. The van der Waals surface area contributed by atoms with Gasteiger partial charge in [-0.3, -0.25) is 9.59 Å². The number of hydrogen-bond acceptors (Lipinski definition) is 4. The summed E-state index contributed by atoms with van der Waals surface area (Å²) in [6.07, 6.45) is 6.10. The maximum atomic E-state index is 12.9. The van der Waals surface area contributed by atoms with Crippen molar-refractivity contribution in [1.82, 2.24) is 9.88 Å². The van der Waals surface area contributed by atoms with E-state index < -0.39 is 5.54 Å². The number of hydrogen-bond donors (Lipinski definition) is 2. The van der Waals surface area contributed by atoms with Gasteiger partial charge in [-0.1, -0.05) is 54.6 Å². The first-order valence-corrected chi connectivity index (χ1v) is 13.1. The number of amides is 2. The number of nitrogens with two attached hydrogens (primary N) is 1. The second-order valence-electron chi connectivity index (χ2n) is 10.8. The minimum absolute atomic E-state index is 0.0165. The van der Waals surface area contributed by atoms with E-state index in [4.69, 9.17) is 5.73 Å². The normalized spacial score (nSPS) is 17.8. The Bertz CT molecular complexity index is 1220. The number of aromatic nitrogens is 1. The molecule has 1 saturated carbocycles. The zero-order chi connectivity index (χ0) is 26.6. The van der Waals surface area contributed by atoms with Crippen LogP contribution >= 0.6 is 0 Å². The quantitative estimate of drug-likeness (QED) is 0.420. The van der Waals surface area contributed by atoms with Crippen molar-refractivity contribution in [2.24, 2.45) is 11.7 Å². The van der Waals surface area contributed by atoms with E-state index in [1.54, 1.807) is 6.92 Å². The molecule has 1 fully saturated rings. The van der Waals surface area contributed by atoms with Gasteiger partial charge in [0.1, 0.15) is 5.82 Å². The molecule has 3 aromatic rings. The van der Waals surface area contributed by atoms with E-state index in [9.17, 15) is 9.59 Å². The smallest absolute Gasteiger partial charge is 0.225 e. The molecule has 0 unspecified atom stereocenters. The van der Waals surface area contributed by atoms with Gasteiger partial charge in [0.2, 0.25) is 11.8 Å². The average Bonchev–Trinajstić information content (AvgIpc) is 2.88. The van der Waals surface area contributed by atoms with E-state index >= 15 is 0 Å². The molecule has 2 amide bonds. The molecule has 0 bridgehead atoms. The van der Waals surface area contributed by atoms with Crippen LogP contribution in [0.15, 0.2) is 66.9 Å². The molecular weight excluding hydrogens is 460 g/mol. The summed E-state index contributed by atoms with van der Waals surface area (Å²) in [5.74, 6) is 0.966. The highest BCUT2D eigenvalue weighted by Crippen LogP contribution is 2.34. The second kappa shape index (κ2) is 11.3. The summed E-state index contributed by atoms with van der Waals surface area (Å²) in [5, 5.41) is 3.03. The van der Waals surface area contributed by atoms with E-state index in [0.717, 1.165) is 53.5 Å². The standard InChI is InChI=1S/C31H38N4O2/c1-21(36)35(4)26-16-10-22(11-17-26)18-30(37)34-29-19-27(23-8-6-5-7-9-23)28(20-33-29)24-12-14-25(15-13-24)31(2,3)32/h5-9,12-15,19-20,22,26H,10-11,16-18,32H2,1-4H3,(H,33,34,37)/t22-,26-. The van der Waals surface area contributed by atoms with E-state index in [1.807, 2.05) is 56.3 Å². The highest BCUT2D eigenvalue weighted by Gasteiger charge is 2.26. The molecule has 0 radical (unpaired) electrons. The van der Waals surface area contributed by atoms with Crippen LogP contribution in [0.1, 0.15) is 58.4 Å². The molecule has 0 atom stereocenters. The fourth-order valence-corrected chi connectivity index (χ4v) is 5.14. The Balaban J connectivity index is 1.49. The minimum atomic E-state index is -0.407. The first kappa shape index (κ1) is 26.6. The first-order chi connectivity index (χ1) is 17.6. The van der Waals surface area contributed by atoms with Crippen LogP contribution in [0.3, 0.4) is 0 Å². The molecule has 2 aromatic carbocycles. The number of anilines is 1. The van der Waals surface area contributed by atoms with Crippen molar-refractivity contribution in [2.45, 2.75) is 64.5 Å². The number of nitrogens with one attached hydrogen (secondary N) is 1. The number of rotatable bonds is 7. The van der Waals surface area contributed by atoms with Crippen molar-refractivity contribution in [3.8, 4) is 22.3 Å². The van der Waals surface area contributed by atoms with E-state index in [0.29, 0.717) is 18.2 Å². The van der Waals surface area contributed by atoms with Gasteiger partial charge < -0.3 is 16.0 Å². The summed E-state index contributed by atoms with van der Waals surface area (Å²) in [6, 6.07) is 20.7. The maximum Gasteiger partial charge on any atom is 0.225 e. The lowest BCUT2D eigenvalue weighted by molar-refractivity contribution is -0.130. The van der Waals surface area contributed by atoms with Crippen molar-refractivity contribution in [3.63, 3.8) is 0 Å². The Kier molecular flexibility index (Phi) is 8.08. The number of carbonyl (C=O) groups excluding carboxylic acids is 2. The average molecular weight is 499 g/mol. The van der Waals surface area contributed by atoms with Crippen molar-refractivity contribution in [1.29, 1.82) is 0 Å². The third-order valence-corrected chi connectivity index (χ3v) is 7.53. The Labute approximate surface area is 220 Å². The highest BCUT2D eigenvalue weighted by molar-refractivity contribution is 5.92. The van der Waals surface area contributed by atoms with Gasteiger partial charge in [0.25, 0.3) is 0 Å². The molecular formula is C31H38N4O2. The Morgan fingerprint density at radius 1 is 0.973 bits per heavy atom. The SMILES string of the molecule is CC(=O)N(C)[C@H]1CC[C@H](CC(=O)Nc2cc(-c3ccccc3)c(-c3ccc(C(C)(C)N)cc3)cn2)CC1. The Morgan fingerprint density at radius 2 is 1.59 bits per heavy atom. The monoisotopic (exact) mass is 498 g/mol. The summed E-state index contributed by atoms with van der Waals surface area (Å²) in [6.45, 7) is 5.59. The summed E-state index contributed by atoms with van der Waals surface area (Å²) < 4.78 is 0. The van der Waals surface area contributed by atoms with Gasteiger partial charge in [0.15, 0.2) is 0 Å². The van der Waals surface area contributed by atoms with Crippen molar-refractivity contribution >= 4 is 17.6 Å². The van der Waals surface area contributed by atoms with Crippen LogP contribution < -0.4 is 11.1 Å². The van der Waals surface area contributed by atoms with Crippen molar-refractivity contribution in [3.05, 3.63) is 72.4 Å². The van der Waals surface area contributed by atoms with Gasteiger partial charge in [0.05, 0.1) is 0 Å². The number of pyridine rings is 1. The molecule has 37 heavy (non-hydrogen) atoms. The van der Waals surface area contributed by atoms with Gasteiger partial charge in [-0.2, -0.15) is 0 Å². The van der Waals surface area contributed by atoms with Crippen LogP contribution in [0.4, 0.5) is 5.82 Å². The lowest BCUT2D eigenvalue weighted by atomic mass is 9.83. The predicted octanol–water partition coefficient (Wildman–Crippen LogP) is 5.98. The topological polar surface area (TPSA) is 88.3 Å². The minimum Gasteiger partial charge on any atom is -0.343 e. The zero-order valence-corrected chi connectivity index (χ0v) is 22.3. The molecule has 6 nitrogen and oxygen atoms in total. The van der Waals surface area contributed by atoms with Gasteiger partial charge in [-0.05, 0) is 73.8 Å². The molecule has 1 aromatic heterocycles. The third-order valence-electron chi connectivity index (χ3n) is 7.53. The zero-order valence-electron chi connectivity index (χ0n) is 22.3. The van der Waals surface area contributed by atoms with Crippen LogP contribution in [0.2, 0.25) is 0 Å². The summed E-state index contributed by atoms with van der Waals surface area (Å²) in [4.78, 5) is 31.0. The molecule has 3 N–H and O–H groups in total. The fourth-order valence-electron chi connectivity index (χ4n) is 5.14. The molecule has 0 aliphatic heterocycles. The third kappa shape index (κ3) is 6.63. The lowest BCUT2D eigenvalue weighted by Gasteiger charge is -2.34. The van der Waals surface area contributed by atoms with Crippen LogP contribution in [-0.4, -0.2) is 34.8 Å². The van der Waals surface area contributed by atoms with E-state index in [2.05, 4.69) is 46.7 Å². The molecule has 0 saturated heterocycles. The van der Waals surface area contributed by atoms with Crippen LogP contribution in [0, 0.1) is 5.92 Å². The van der Waals surface area contributed by atoms with Crippen molar-refractivity contribution < 1.29 is 9.59 Å². The largest absolute Gasteiger partial charge is 0.343 e. The molecule has 1 aliphatic carbocycles. The number of carbonyl (C=O) groups is 2. The summed E-state index contributed by atoms with van der Waals surface area (Å²) in [7, 11) is 1.87. The lowest BCUT2D eigenvalue weighted by Crippen LogP contribution is -2.38. The fraction of sp³-hybridized carbons (Fsp3) is 0.387. The van der Waals surface area contributed by atoms with Gasteiger partial charge in [0, 0.05) is 43.7 Å². The molecule has 1 aliphatic rings. The van der Waals surface area contributed by atoms with Gasteiger partial charge in [-0.15, -0.1) is 0 Å².